The first-order valence-corrected chi connectivity index (χ1v) is 9.55. The number of rotatable bonds is 3. The molecular weight excluding hydrogens is 330 g/mol. The van der Waals surface area contributed by atoms with Crippen LogP contribution in [0.1, 0.15) is 29.2 Å². The Bertz CT molecular complexity index is 866. The number of thiazole rings is 1. The smallest absolute Gasteiger partial charge is 0.193 e. The van der Waals surface area contributed by atoms with Crippen LogP contribution in [0.2, 0.25) is 0 Å². The van der Waals surface area contributed by atoms with Crippen LogP contribution in [0.4, 0.5) is 0 Å². The highest BCUT2D eigenvalue weighted by molar-refractivity contribution is 7.15. The number of aromatic nitrogens is 2. The van der Waals surface area contributed by atoms with E-state index in [9.17, 15) is 0 Å². The van der Waals surface area contributed by atoms with Gasteiger partial charge in [-0.1, -0.05) is 24.3 Å². The molecule has 4 rings (SSSR count). The van der Waals surface area contributed by atoms with E-state index in [-0.39, 0.29) is 0 Å². The molecule has 25 heavy (non-hydrogen) atoms. The molecule has 1 N–H and O–H groups in total. The van der Waals surface area contributed by atoms with E-state index < -0.39 is 0 Å². The fourth-order valence-corrected chi connectivity index (χ4v) is 4.33. The standard InChI is InChI=1S/C19H23N5S/c1-14-5-3-4-6-17(14)15-7-8-23(12-15)18(20-2)21-11-16-13-24-9-10-25-19(24)22-16/h3-6,9-10,13,15H,7-8,11-12H2,1-2H3,(H,20,21). The highest BCUT2D eigenvalue weighted by atomic mass is 32.1. The number of aliphatic imine (C=N–C) groups is 1. The molecule has 0 saturated carbocycles. The van der Waals surface area contributed by atoms with Crippen molar-refractivity contribution in [1.82, 2.24) is 19.6 Å². The third kappa shape index (κ3) is 3.26. The number of benzene rings is 1. The zero-order valence-corrected chi connectivity index (χ0v) is 15.5. The molecule has 1 fully saturated rings. The normalized spacial score (nSPS) is 18.2. The van der Waals surface area contributed by atoms with Gasteiger partial charge in [0.15, 0.2) is 10.9 Å². The van der Waals surface area contributed by atoms with Gasteiger partial charge in [-0.2, -0.15) is 0 Å². The zero-order chi connectivity index (χ0) is 17.2. The van der Waals surface area contributed by atoms with Crippen LogP contribution in [-0.4, -0.2) is 40.4 Å². The molecule has 0 bridgehead atoms. The molecule has 0 amide bonds. The maximum atomic E-state index is 4.63. The zero-order valence-electron chi connectivity index (χ0n) is 14.6. The van der Waals surface area contributed by atoms with Gasteiger partial charge >= 0.3 is 0 Å². The van der Waals surface area contributed by atoms with E-state index in [0.29, 0.717) is 12.5 Å². The molecule has 2 aromatic heterocycles. The minimum Gasteiger partial charge on any atom is -0.351 e. The van der Waals surface area contributed by atoms with Crippen LogP contribution < -0.4 is 5.32 Å². The largest absolute Gasteiger partial charge is 0.351 e. The van der Waals surface area contributed by atoms with Gasteiger partial charge in [0.1, 0.15) is 0 Å². The third-order valence-electron chi connectivity index (χ3n) is 4.90. The first kappa shape index (κ1) is 16.1. The Labute approximate surface area is 152 Å². The number of aryl methyl sites for hydroxylation is 1. The second-order valence-electron chi connectivity index (χ2n) is 6.51. The van der Waals surface area contributed by atoms with E-state index in [0.717, 1.165) is 29.7 Å². The molecule has 1 aliphatic heterocycles. The number of nitrogens with zero attached hydrogens (tertiary/aromatic N) is 4. The summed E-state index contributed by atoms with van der Waals surface area (Å²) in [6, 6.07) is 8.72. The number of fused-ring (bicyclic) bond motifs is 1. The minimum absolute atomic E-state index is 0.581. The Balaban J connectivity index is 1.40. The molecule has 3 aromatic rings. The van der Waals surface area contributed by atoms with Gasteiger partial charge in [0, 0.05) is 43.8 Å². The van der Waals surface area contributed by atoms with Crippen molar-refractivity contribution in [2.75, 3.05) is 20.1 Å². The number of hydrogen-bond donors (Lipinski definition) is 1. The van der Waals surface area contributed by atoms with Gasteiger partial charge in [-0.25, -0.2) is 4.98 Å². The third-order valence-corrected chi connectivity index (χ3v) is 5.67. The Kier molecular flexibility index (Phi) is 4.44. The molecule has 1 saturated heterocycles. The quantitative estimate of drug-likeness (QED) is 0.581. The van der Waals surface area contributed by atoms with Gasteiger partial charge in [-0.15, -0.1) is 11.3 Å². The predicted molar refractivity (Wildman–Crippen MR) is 103 cm³/mol. The molecule has 0 spiro atoms. The van der Waals surface area contributed by atoms with Crippen molar-refractivity contribution >= 4 is 22.3 Å². The second kappa shape index (κ2) is 6.88. The molecule has 130 valence electrons. The van der Waals surface area contributed by atoms with Gasteiger partial charge in [0.2, 0.25) is 0 Å². The van der Waals surface area contributed by atoms with Gasteiger partial charge in [0.25, 0.3) is 0 Å². The fraction of sp³-hybridized carbons (Fsp3) is 0.368. The van der Waals surface area contributed by atoms with E-state index in [4.69, 9.17) is 0 Å². The molecular formula is C19H23N5S. The van der Waals surface area contributed by atoms with Crippen LogP contribution in [0.5, 0.6) is 0 Å². The molecule has 3 heterocycles. The first-order chi connectivity index (χ1) is 12.2. The fourth-order valence-electron chi connectivity index (χ4n) is 3.61. The van der Waals surface area contributed by atoms with Gasteiger partial charge in [0.05, 0.1) is 12.2 Å². The van der Waals surface area contributed by atoms with Crippen molar-refractivity contribution < 1.29 is 0 Å². The highest BCUT2D eigenvalue weighted by Crippen LogP contribution is 2.29. The second-order valence-corrected chi connectivity index (χ2v) is 7.39. The summed E-state index contributed by atoms with van der Waals surface area (Å²) < 4.78 is 2.06. The maximum absolute atomic E-state index is 4.63. The molecule has 0 aliphatic carbocycles. The summed E-state index contributed by atoms with van der Waals surface area (Å²) in [5, 5.41) is 5.52. The van der Waals surface area contributed by atoms with Crippen LogP contribution >= 0.6 is 11.3 Å². The molecule has 1 unspecified atom stereocenters. The molecule has 5 nitrogen and oxygen atoms in total. The van der Waals surface area contributed by atoms with Crippen molar-refractivity contribution in [2.24, 2.45) is 4.99 Å². The summed E-state index contributed by atoms with van der Waals surface area (Å²) in [4.78, 5) is 12.5. The number of imidazole rings is 1. The summed E-state index contributed by atoms with van der Waals surface area (Å²) in [5.41, 5.74) is 3.90. The topological polar surface area (TPSA) is 44.9 Å². The summed E-state index contributed by atoms with van der Waals surface area (Å²) in [5.74, 6) is 1.55. The summed E-state index contributed by atoms with van der Waals surface area (Å²) in [7, 11) is 1.86. The average molecular weight is 353 g/mol. The van der Waals surface area contributed by atoms with Crippen molar-refractivity contribution in [3.63, 3.8) is 0 Å². The average Bonchev–Trinajstić information content (AvgIpc) is 3.32. The van der Waals surface area contributed by atoms with Gasteiger partial charge < -0.3 is 10.2 Å². The van der Waals surface area contributed by atoms with Crippen LogP contribution in [0.3, 0.4) is 0 Å². The first-order valence-electron chi connectivity index (χ1n) is 8.67. The molecule has 1 aliphatic rings. The molecule has 6 heteroatoms. The van der Waals surface area contributed by atoms with E-state index in [1.54, 1.807) is 11.3 Å². The lowest BCUT2D eigenvalue weighted by atomic mass is 9.94. The lowest BCUT2D eigenvalue weighted by Crippen LogP contribution is -2.39. The van der Waals surface area contributed by atoms with Crippen molar-refractivity contribution in [3.05, 3.63) is 58.9 Å². The Morgan fingerprint density at radius 2 is 2.28 bits per heavy atom. The molecule has 1 aromatic carbocycles. The maximum Gasteiger partial charge on any atom is 0.193 e. The van der Waals surface area contributed by atoms with Crippen LogP contribution in [0.15, 0.2) is 47.0 Å². The Morgan fingerprint density at radius 3 is 3.08 bits per heavy atom. The summed E-state index contributed by atoms with van der Waals surface area (Å²) in [6.45, 7) is 4.96. The van der Waals surface area contributed by atoms with Gasteiger partial charge in [-0.3, -0.25) is 9.39 Å². The Morgan fingerprint density at radius 1 is 1.40 bits per heavy atom. The van der Waals surface area contributed by atoms with E-state index in [1.165, 1.54) is 17.5 Å². The summed E-state index contributed by atoms with van der Waals surface area (Å²) in [6.07, 6.45) is 5.29. The number of likely N-dealkylation sites (tertiary alicyclic amines) is 1. The van der Waals surface area contributed by atoms with E-state index in [1.807, 2.05) is 13.2 Å². The van der Waals surface area contributed by atoms with E-state index in [2.05, 4.69) is 67.4 Å². The monoisotopic (exact) mass is 353 g/mol. The SMILES string of the molecule is CN=C(NCc1cn2ccsc2n1)N1CCC(c2ccccc2C)C1. The minimum atomic E-state index is 0.581. The molecule has 0 radical (unpaired) electrons. The highest BCUT2D eigenvalue weighted by Gasteiger charge is 2.26. The van der Waals surface area contributed by atoms with Crippen molar-refractivity contribution in [2.45, 2.75) is 25.8 Å². The Hall–Kier alpha value is -2.34. The predicted octanol–water partition coefficient (Wildman–Crippen LogP) is 3.27. The van der Waals surface area contributed by atoms with Crippen molar-refractivity contribution in [1.29, 1.82) is 0 Å². The van der Waals surface area contributed by atoms with E-state index >= 15 is 0 Å². The van der Waals surface area contributed by atoms with Gasteiger partial charge in [-0.05, 0) is 24.5 Å². The number of guanidine groups is 1. The lowest BCUT2D eigenvalue weighted by molar-refractivity contribution is 0.485. The summed E-state index contributed by atoms with van der Waals surface area (Å²) >= 11 is 1.66. The van der Waals surface area contributed by atoms with Crippen LogP contribution in [-0.2, 0) is 6.54 Å². The van der Waals surface area contributed by atoms with Crippen LogP contribution in [0, 0.1) is 6.92 Å². The van der Waals surface area contributed by atoms with Crippen molar-refractivity contribution in [3.8, 4) is 0 Å². The van der Waals surface area contributed by atoms with Crippen LogP contribution in [0.25, 0.3) is 4.96 Å². The lowest BCUT2D eigenvalue weighted by Gasteiger charge is -2.21. The number of hydrogen-bond acceptors (Lipinski definition) is 3. The molecule has 1 atom stereocenters. The number of nitrogens with one attached hydrogen (secondary N) is 1.